The molecular formula is C10H13N3O2S. The highest BCUT2D eigenvalue weighted by Crippen LogP contribution is 2.22. The van der Waals surface area contributed by atoms with Gasteiger partial charge in [0.25, 0.3) is 5.91 Å². The molecule has 1 amide bonds. The Bertz CT molecular complexity index is 479. The number of hydrogen-bond donors (Lipinski definition) is 2. The van der Waals surface area contributed by atoms with Gasteiger partial charge in [-0.15, -0.1) is 11.8 Å². The Labute approximate surface area is 97.1 Å². The van der Waals surface area contributed by atoms with Crippen molar-refractivity contribution in [1.82, 2.24) is 15.3 Å². The van der Waals surface area contributed by atoms with Crippen LogP contribution in [0.1, 0.15) is 28.9 Å². The molecule has 1 aromatic heterocycles. The molecule has 0 aromatic carbocycles. The first kappa shape index (κ1) is 11.2. The van der Waals surface area contributed by atoms with E-state index in [-0.39, 0.29) is 5.91 Å². The van der Waals surface area contributed by atoms with Crippen LogP contribution in [-0.4, -0.2) is 28.2 Å². The Kier molecular flexibility index (Phi) is 3.00. The summed E-state index contributed by atoms with van der Waals surface area (Å²) in [6.45, 7) is 1.71. The Morgan fingerprint density at radius 1 is 1.56 bits per heavy atom. The van der Waals surface area contributed by atoms with Gasteiger partial charge in [0.2, 0.25) is 0 Å². The zero-order chi connectivity index (χ0) is 11.7. The van der Waals surface area contributed by atoms with Gasteiger partial charge >= 0.3 is 5.69 Å². The van der Waals surface area contributed by atoms with Crippen molar-refractivity contribution in [3.8, 4) is 0 Å². The molecule has 1 heterocycles. The van der Waals surface area contributed by atoms with E-state index in [1.807, 2.05) is 0 Å². The van der Waals surface area contributed by atoms with E-state index in [2.05, 4.69) is 15.3 Å². The third kappa shape index (κ3) is 2.27. The largest absolute Gasteiger partial charge is 0.349 e. The molecule has 0 spiro atoms. The van der Waals surface area contributed by atoms with Crippen LogP contribution >= 0.6 is 11.8 Å². The van der Waals surface area contributed by atoms with Crippen LogP contribution in [0.15, 0.2) is 9.82 Å². The van der Waals surface area contributed by atoms with Crippen LogP contribution in [0.4, 0.5) is 0 Å². The quantitative estimate of drug-likeness (QED) is 0.601. The van der Waals surface area contributed by atoms with Crippen molar-refractivity contribution in [1.29, 1.82) is 0 Å². The van der Waals surface area contributed by atoms with E-state index in [9.17, 15) is 9.59 Å². The predicted octanol–water partition coefficient (Wildman–Crippen LogP) is 0.692. The standard InChI is InChI=1S/C10H13N3O2S/c1-5-7(8(14)12-6-3-4-6)9(16-2)13-10(15)11-5/h6H,3-4H2,1-2H3,(H,12,14)(H,11,13,15). The van der Waals surface area contributed by atoms with Crippen LogP contribution in [0, 0.1) is 6.92 Å². The molecule has 16 heavy (non-hydrogen) atoms. The van der Waals surface area contributed by atoms with Gasteiger partial charge in [-0.3, -0.25) is 4.79 Å². The third-order valence-corrected chi connectivity index (χ3v) is 3.10. The number of aryl methyl sites for hydroxylation is 1. The van der Waals surface area contributed by atoms with Gasteiger partial charge in [0, 0.05) is 11.7 Å². The Morgan fingerprint density at radius 3 is 2.81 bits per heavy atom. The molecule has 0 bridgehead atoms. The number of rotatable bonds is 3. The van der Waals surface area contributed by atoms with E-state index in [1.165, 1.54) is 11.8 Å². The van der Waals surface area contributed by atoms with Gasteiger partial charge in [0.1, 0.15) is 5.03 Å². The minimum absolute atomic E-state index is 0.145. The summed E-state index contributed by atoms with van der Waals surface area (Å²) in [5.41, 5.74) is 0.645. The molecule has 1 saturated carbocycles. The van der Waals surface area contributed by atoms with Crippen molar-refractivity contribution in [3.05, 3.63) is 21.7 Å². The number of carbonyl (C=O) groups is 1. The number of nitrogens with one attached hydrogen (secondary N) is 2. The van der Waals surface area contributed by atoms with Crippen molar-refractivity contribution < 1.29 is 4.79 Å². The van der Waals surface area contributed by atoms with E-state index >= 15 is 0 Å². The fourth-order valence-corrected chi connectivity index (χ4v) is 2.08. The molecular weight excluding hydrogens is 226 g/mol. The van der Waals surface area contributed by atoms with E-state index in [4.69, 9.17) is 0 Å². The molecule has 2 rings (SSSR count). The van der Waals surface area contributed by atoms with Crippen molar-refractivity contribution in [2.75, 3.05) is 6.26 Å². The zero-order valence-corrected chi connectivity index (χ0v) is 9.98. The van der Waals surface area contributed by atoms with Gasteiger partial charge < -0.3 is 10.3 Å². The summed E-state index contributed by atoms with van der Waals surface area (Å²) in [6.07, 6.45) is 3.88. The molecule has 1 fully saturated rings. The van der Waals surface area contributed by atoms with E-state index < -0.39 is 5.69 Å². The van der Waals surface area contributed by atoms with Gasteiger partial charge in [-0.2, -0.15) is 4.98 Å². The molecule has 1 aliphatic carbocycles. The molecule has 0 aliphatic heterocycles. The van der Waals surface area contributed by atoms with Crippen LogP contribution < -0.4 is 11.0 Å². The average Bonchev–Trinajstić information content (AvgIpc) is 2.99. The Morgan fingerprint density at radius 2 is 2.25 bits per heavy atom. The van der Waals surface area contributed by atoms with Crippen molar-refractivity contribution in [2.45, 2.75) is 30.8 Å². The lowest BCUT2D eigenvalue weighted by molar-refractivity contribution is 0.0946. The summed E-state index contributed by atoms with van der Waals surface area (Å²) in [5.74, 6) is -0.145. The average molecular weight is 239 g/mol. The summed E-state index contributed by atoms with van der Waals surface area (Å²) in [6, 6.07) is 0.300. The highest BCUT2D eigenvalue weighted by molar-refractivity contribution is 7.98. The van der Waals surface area contributed by atoms with Crippen molar-refractivity contribution in [3.63, 3.8) is 0 Å². The predicted molar refractivity (Wildman–Crippen MR) is 61.9 cm³/mol. The van der Waals surface area contributed by atoms with Crippen molar-refractivity contribution in [2.24, 2.45) is 0 Å². The number of hydrogen-bond acceptors (Lipinski definition) is 4. The first-order chi connectivity index (χ1) is 7.61. The van der Waals surface area contributed by atoms with Crippen LogP contribution in [0.3, 0.4) is 0 Å². The van der Waals surface area contributed by atoms with Gasteiger partial charge in [-0.25, -0.2) is 4.79 Å². The minimum Gasteiger partial charge on any atom is -0.349 e. The molecule has 0 saturated heterocycles. The number of amides is 1. The van der Waals surface area contributed by atoms with Crippen LogP contribution in [-0.2, 0) is 0 Å². The smallest absolute Gasteiger partial charge is 0.346 e. The fraction of sp³-hybridized carbons (Fsp3) is 0.500. The molecule has 0 unspecified atom stereocenters. The second kappa shape index (κ2) is 4.29. The van der Waals surface area contributed by atoms with Crippen LogP contribution in [0.5, 0.6) is 0 Å². The van der Waals surface area contributed by atoms with Gasteiger partial charge in [0.15, 0.2) is 0 Å². The van der Waals surface area contributed by atoms with Crippen LogP contribution in [0.25, 0.3) is 0 Å². The first-order valence-electron chi connectivity index (χ1n) is 5.07. The highest BCUT2D eigenvalue weighted by Gasteiger charge is 2.26. The molecule has 2 N–H and O–H groups in total. The first-order valence-corrected chi connectivity index (χ1v) is 6.30. The number of aromatic nitrogens is 2. The fourth-order valence-electron chi connectivity index (χ4n) is 1.46. The van der Waals surface area contributed by atoms with E-state index in [0.29, 0.717) is 22.3 Å². The van der Waals surface area contributed by atoms with Gasteiger partial charge in [0.05, 0.1) is 5.56 Å². The molecule has 0 radical (unpaired) electrons. The topological polar surface area (TPSA) is 74.8 Å². The van der Waals surface area contributed by atoms with Gasteiger partial charge in [-0.1, -0.05) is 0 Å². The zero-order valence-electron chi connectivity index (χ0n) is 9.16. The number of carbonyl (C=O) groups excluding carboxylic acids is 1. The highest BCUT2D eigenvalue weighted by atomic mass is 32.2. The lowest BCUT2D eigenvalue weighted by Gasteiger charge is -2.09. The number of aromatic amines is 1. The van der Waals surface area contributed by atoms with Crippen molar-refractivity contribution >= 4 is 17.7 Å². The lowest BCUT2D eigenvalue weighted by Crippen LogP contribution is -2.29. The Hall–Kier alpha value is -1.30. The SMILES string of the molecule is CSc1nc(=O)[nH]c(C)c1C(=O)NC1CC1. The maximum Gasteiger partial charge on any atom is 0.346 e. The summed E-state index contributed by atoms with van der Waals surface area (Å²) < 4.78 is 0. The molecule has 5 nitrogen and oxygen atoms in total. The lowest BCUT2D eigenvalue weighted by atomic mass is 10.2. The summed E-state index contributed by atoms with van der Waals surface area (Å²) in [5, 5.41) is 3.38. The second-order valence-electron chi connectivity index (χ2n) is 3.80. The second-order valence-corrected chi connectivity index (χ2v) is 4.59. The molecule has 86 valence electrons. The molecule has 0 atom stereocenters. The minimum atomic E-state index is -0.412. The van der Waals surface area contributed by atoms with E-state index in [1.54, 1.807) is 13.2 Å². The maximum atomic E-state index is 11.9. The third-order valence-electron chi connectivity index (χ3n) is 2.42. The van der Waals surface area contributed by atoms with Crippen LogP contribution in [0.2, 0.25) is 0 Å². The summed E-state index contributed by atoms with van der Waals surface area (Å²) in [7, 11) is 0. The number of nitrogens with zero attached hydrogens (tertiary/aromatic N) is 1. The normalized spacial score (nSPS) is 14.9. The van der Waals surface area contributed by atoms with Gasteiger partial charge in [-0.05, 0) is 26.0 Å². The number of thioether (sulfide) groups is 1. The molecule has 1 aromatic rings. The van der Waals surface area contributed by atoms with E-state index in [0.717, 1.165) is 12.8 Å². The Balaban J connectivity index is 2.36. The number of H-pyrrole nitrogens is 1. The molecule has 6 heteroatoms. The molecule has 1 aliphatic rings. The monoisotopic (exact) mass is 239 g/mol. The summed E-state index contributed by atoms with van der Waals surface area (Å²) >= 11 is 1.31. The maximum absolute atomic E-state index is 11.9. The summed E-state index contributed by atoms with van der Waals surface area (Å²) in [4.78, 5) is 29.4.